The van der Waals surface area contributed by atoms with Crippen molar-refractivity contribution in [2.45, 2.75) is 43.7 Å². The van der Waals surface area contributed by atoms with E-state index in [0.717, 1.165) is 43.5 Å². The molecule has 4 rings (SSSR count). The van der Waals surface area contributed by atoms with Gasteiger partial charge in [0.05, 0.1) is 30.0 Å². The summed E-state index contributed by atoms with van der Waals surface area (Å²) < 4.78 is 5.32. The van der Waals surface area contributed by atoms with E-state index < -0.39 is 5.60 Å². The number of rotatable bonds is 5. The van der Waals surface area contributed by atoms with Gasteiger partial charge >= 0.3 is 0 Å². The minimum atomic E-state index is -0.650. The van der Waals surface area contributed by atoms with Crippen LogP contribution in [0, 0.1) is 5.92 Å². The summed E-state index contributed by atoms with van der Waals surface area (Å²) in [7, 11) is 1.65. The second kappa shape index (κ2) is 9.37. The first-order valence-electron chi connectivity index (χ1n) is 10.9. The number of benzene rings is 2. The monoisotopic (exact) mass is 463 g/mol. The van der Waals surface area contributed by atoms with Crippen molar-refractivity contribution in [1.29, 1.82) is 0 Å². The molecule has 166 valence electrons. The average molecular weight is 464 g/mol. The molecule has 31 heavy (non-hydrogen) atoms. The maximum absolute atomic E-state index is 12.9. The van der Waals surface area contributed by atoms with Gasteiger partial charge in [0.25, 0.3) is 5.91 Å². The molecule has 2 aromatic rings. The molecule has 7 heteroatoms. The molecule has 1 saturated heterocycles. The maximum Gasteiger partial charge on any atom is 0.279 e. The number of carbonyl (C=O) groups is 1. The topological polar surface area (TPSA) is 63.0 Å². The number of piperidine rings is 1. The Bertz CT molecular complexity index is 937. The van der Waals surface area contributed by atoms with Crippen molar-refractivity contribution in [1.82, 2.24) is 0 Å². The third-order valence-electron chi connectivity index (χ3n) is 6.85. The lowest BCUT2D eigenvalue weighted by Crippen LogP contribution is -3.16. The van der Waals surface area contributed by atoms with Crippen LogP contribution >= 0.6 is 23.2 Å². The molecule has 1 unspecified atom stereocenters. The fourth-order valence-corrected chi connectivity index (χ4v) is 5.78. The molecule has 2 fully saturated rings. The van der Waals surface area contributed by atoms with Gasteiger partial charge in [0.15, 0.2) is 6.54 Å². The standard InChI is InChI=1S/C24H28Cl2N2O3/c1-31-18-8-5-16(6-9-18)23-19-4-2-3-11-24(19,30)12-13-28(23)15-22(29)27-21-10-7-17(25)14-20(21)26/h5-10,14,19,23,30H,2-4,11-13,15H2,1H3,(H,27,29)/p+1/t19-,23+,24-/m1/s1. The maximum atomic E-state index is 12.9. The molecule has 2 aliphatic rings. The van der Waals surface area contributed by atoms with Crippen molar-refractivity contribution in [2.24, 2.45) is 5.92 Å². The summed E-state index contributed by atoms with van der Waals surface area (Å²) >= 11 is 12.2. The number of anilines is 1. The average Bonchev–Trinajstić information content (AvgIpc) is 2.76. The first-order valence-corrected chi connectivity index (χ1v) is 11.6. The first-order chi connectivity index (χ1) is 14.9. The molecular weight excluding hydrogens is 435 g/mol. The van der Waals surface area contributed by atoms with Crippen LogP contribution in [0.1, 0.15) is 43.7 Å². The summed E-state index contributed by atoms with van der Waals surface area (Å²) in [5, 5.41) is 15.3. The molecule has 1 aliphatic carbocycles. The number of carbonyl (C=O) groups excluding carboxylic acids is 1. The Morgan fingerprint density at radius 1 is 1.19 bits per heavy atom. The molecule has 3 N–H and O–H groups in total. The Hall–Kier alpha value is -1.79. The summed E-state index contributed by atoms with van der Waals surface area (Å²) in [5.41, 5.74) is 1.04. The lowest BCUT2D eigenvalue weighted by molar-refractivity contribution is -0.937. The van der Waals surface area contributed by atoms with Crippen molar-refractivity contribution in [3.8, 4) is 5.75 Å². The number of amides is 1. The van der Waals surface area contributed by atoms with Crippen LogP contribution in [0.4, 0.5) is 5.69 Å². The highest BCUT2D eigenvalue weighted by molar-refractivity contribution is 6.36. The summed E-state index contributed by atoms with van der Waals surface area (Å²) in [6, 6.07) is 13.1. The number of quaternary nitrogens is 1. The van der Waals surface area contributed by atoms with Gasteiger partial charge in [0, 0.05) is 22.9 Å². The third kappa shape index (κ3) is 4.85. The van der Waals surface area contributed by atoms with Gasteiger partial charge in [-0.15, -0.1) is 0 Å². The normalized spacial score (nSPS) is 27.9. The molecule has 0 radical (unpaired) electrons. The Balaban J connectivity index is 1.57. The van der Waals surface area contributed by atoms with Crippen molar-refractivity contribution in [3.63, 3.8) is 0 Å². The van der Waals surface area contributed by atoms with E-state index in [9.17, 15) is 9.90 Å². The van der Waals surface area contributed by atoms with Crippen molar-refractivity contribution < 1.29 is 19.5 Å². The van der Waals surface area contributed by atoms with Gasteiger partial charge < -0.3 is 20.1 Å². The lowest BCUT2D eigenvalue weighted by atomic mass is 9.66. The van der Waals surface area contributed by atoms with E-state index in [-0.39, 0.29) is 17.9 Å². The zero-order valence-electron chi connectivity index (χ0n) is 17.7. The molecule has 0 aromatic heterocycles. The SMILES string of the molecule is COc1ccc([C@H]2[C@H]3CCCC[C@@]3(O)CC[NH+]2CC(=O)Nc2ccc(Cl)cc2Cl)cc1. The smallest absolute Gasteiger partial charge is 0.279 e. The van der Waals surface area contributed by atoms with Gasteiger partial charge in [0.2, 0.25) is 0 Å². The number of nitrogens with one attached hydrogen (secondary N) is 2. The van der Waals surface area contributed by atoms with E-state index in [0.29, 0.717) is 28.7 Å². The van der Waals surface area contributed by atoms with Gasteiger partial charge in [-0.05, 0) is 55.3 Å². The van der Waals surface area contributed by atoms with Crippen molar-refractivity contribution >= 4 is 34.8 Å². The zero-order chi connectivity index (χ0) is 22.0. The molecule has 4 atom stereocenters. The van der Waals surface area contributed by atoms with Crippen LogP contribution in [0.5, 0.6) is 5.75 Å². The minimum absolute atomic E-state index is 0.0522. The molecule has 1 saturated carbocycles. The van der Waals surface area contributed by atoms with E-state index in [2.05, 4.69) is 17.4 Å². The molecule has 5 nitrogen and oxygen atoms in total. The quantitative estimate of drug-likeness (QED) is 0.629. The van der Waals surface area contributed by atoms with Crippen LogP contribution in [0.2, 0.25) is 10.0 Å². The predicted octanol–water partition coefficient (Wildman–Crippen LogP) is 3.89. The molecule has 0 bridgehead atoms. The van der Waals surface area contributed by atoms with Crippen molar-refractivity contribution in [2.75, 3.05) is 25.5 Å². The Kier molecular flexibility index (Phi) is 6.77. The van der Waals surface area contributed by atoms with Crippen LogP contribution in [0.3, 0.4) is 0 Å². The summed E-state index contributed by atoms with van der Waals surface area (Å²) in [4.78, 5) is 14.1. The van der Waals surface area contributed by atoms with Crippen LogP contribution in [-0.4, -0.2) is 36.8 Å². The molecule has 0 spiro atoms. The summed E-state index contributed by atoms with van der Waals surface area (Å²) in [6.45, 7) is 1.05. The van der Waals surface area contributed by atoms with Gasteiger partial charge in [-0.3, -0.25) is 4.79 Å². The molecule has 1 amide bonds. The fourth-order valence-electron chi connectivity index (χ4n) is 5.32. The van der Waals surface area contributed by atoms with Crippen LogP contribution < -0.4 is 15.0 Å². The Labute approximate surface area is 193 Å². The number of ether oxygens (including phenoxy) is 1. The highest BCUT2D eigenvalue weighted by Crippen LogP contribution is 2.44. The zero-order valence-corrected chi connectivity index (χ0v) is 19.2. The number of fused-ring (bicyclic) bond motifs is 1. The number of likely N-dealkylation sites (tertiary alicyclic amines) is 1. The summed E-state index contributed by atoms with van der Waals surface area (Å²) in [5.74, 6) is 0.833. The lowest BCUT2D eigenvalue weighted by Gasteiger charge is -2.50. The van der Waals surface area contributed by atoms with Crippen LogP contribution in [0.25, 0.3) is 0 Å². The van der Waals surface area contributed by atoms with E-state index in [1.54, 1.807) is 25.3 Å². The number of aliphatic hydroxyl groups is 1. The molecule has 1 aliphatic heterocycles. The van der Waals surface area contributed by atoms with Crippen LogP contribution in [0.15, 0.2) is 42.5 Å². The van der Waals surface area contributed by atoms with Gasteiger partial charge in [-0.2, -0.15) is 0 Å². The van der Waals surface area contributed by atoms with E-state index >= 15 is 0 Å². The van der Waals surface area contributed by atoms with E-state index in [1.807, 2.05) is 12.1 Å². The largest absolute Gasteiger partial charge is 0.497 e. The minimum Gasteiger partial charge on any atom is -0.497 e. The highest BCUT2D eigenvalue weighted by Gasteiger charge is 2.51. The second-order valence-corrected chi connectivity index (χ2v) is 9.56. The van der Waals surface area contributed by atoms with E-state index in [4.69, 9.17) is 27.9 Å². The van der Waals surface area contributed by atoms with Crippen molar-refractivity contribution in [3.05, 3.63) is 58.1 Å². The molecular formula is C24H29Cl2N2O3+. The number of methoxy groups -OCH3 is 1. The Morgan fingerprint density at radius 2 is 1.97 bits per heavy atom. The Morgan fingerprint density at radius 3 is 2.68 bits per heavy atom. The van der Waals surface area contributed by atoms with Crippen LogP contribution in [-0.2, 0) is 4.79 Å². The number of hydrogen-bond acceptors (Lipinski definition) is 3. The second-order valence-electron chi connectivity index (χ2n) is 8.71. The van der Waals surface area contributed by atoms with Gasteiger partial charge in [-0.1, -0.05) is 36.0 Å². The van der Waals surface area contributed by atoms with Gasteiger partial charge in [0.1, 0.15) is 11.8 Å². The highest BCUT2D eigenvalue weighted by atomic mass is 35.5. The molecule has 2 aromatic carbocycles. The summed E-state index contributed by atoms with van der Waals surface area (Å²) in [6.07, 6.45) is 4.70. The number of hydrogen-bond donors (Lipinski definition) is 3. The molecule has 1 heterocycles. The third-order valence-corrected chi connectivity index (χ3v) is 7.40. The van der Waals surface area contributed by atoms with E-state index in [1.165, 1.54) is 4.90 Å². The predicted molar refractivity (Wildman–Crippen MR) is 123 cm³/mol. The fraction of sp³-hybridized carbons (Fsp3) is 0.458. The van der Waals surface area contributed by atoms with Gasteiger partial charge in [-0.25, -0.2) is 0 Å². The first kappa shape index (κ1) is 22.4. The number of halogens is 2.